The Balaban J connectivity index is 2.29. The highest BCUT2D eigenvalue weighted by Crippen LogP contribution is 2.26. The lowest BCUT2D eigenvalue weighted by atomic mass is 9.87. The van der Waals surface area contributed by atoms with Crippen molar-refractivity contribution in [3.05, 3.63) is 0 Å². The monoisotopic (exact) mass is 214 g/mol. The molecule has 0 unspecified atom stereocenters. The topological polar surface area (TPSA) is 46.5 Å². The normalized spacial score (nSPS) is 27.5. The second-order valence-corrected chi connectivity index (χ2v) is 5.67. The maximum absolute atomic E-state index is 11.6. The number of ether oxygens (including phenoxy) is 1. The Kier molecular flexibility index (Phi) is 4.14. The van der Waals surface area contributed by atoms with Gasteiger partial charge in [-0.05, 0) is 31.1 Å². The second kappa shape index (κ2) is 4.97. The molecule has 0 aromatic rings. The van der Waals surface area contributed by atoms with Gasteiger partial charge in [0.25, 0.3) is 0 Å². The molecule has 1 saturated carbocycles. The molecule has 0 amide bonds. The molecule has 15 heavy (non-hydrogen) atoms. The van der Waals surface area contributed by atoms with Crippen LogP contribution in [0.5, 0.6) is 0 Å². The summed E-state index contributed by atoms with van der Waals surface area (Å²) < 4.78 is 5.26. The van der Waals surface area contributed by atoms with Gasteiger partial charge in [-0.25, -0.2) is 0 Å². The Bertz CT molecular complexity index is 209. The molecule has 1 fully saturated rings. The van der Waals surface area contributed by atoms with Crippen LogP contribution in [0.4, 0.5) is 0 Å². The molecule has 0 spiro atoms. The number of hydrogen-bond donors (Lipinski definition) is 1. The van der Waals surface area contributed by atoms with Crippen molar-refractivity contribution < 1.29 is 14.6 Å². The molecule has 3 heteroatoms. The maximum atomic E-state index is 11.6. The van der Waals surface area contributed by atoms with Gasteiger partial charge in [-0.3, -0.25) is 4.79 Å². The molecule has 0 bridgehead atoms. The van der Waals surface area contributed by atoms with E-state index in [1.54, 1.807) is 0 Å². The van der Waals surface area contributed by atoms with E-state index in [1.807, 2.05) is 20.8 Å². The second-order valence-electron chi connectivity index (χ2n) is 5.67. The fraction of sp³-hybridized carbons (Fsp3) is 0.917. The number of carbonyl (C=O) groups excluding carboxylic acids is 1. The van der Waals surface area contributed by atoms with Crippen LogP contribution in [0.25, 0.3) is 0 Å². The standard InChI is InChI=1S/C12H22O3/c1-12(2,3)8-15-11(14)9-4-6-10(13)7-5-9/h9-10,13H,4-8H2,1-3H3. The van der Waals surface area contributed by atoms with E-state index in [4.69, 9.17) is 4.74 Å². The molecule has 0 aliphatic heterocycles. The summed E-state index contributed by atoms with van der Waals surface area (Å²) in [5.74, 6) is -0.0763. The minimum Gasteiger partial charge on any atom is -0.465 e. The van der Waals surface area contributed by atoms with Gasteiger partial charge in [-0.1, -0.05) is 20.8 Å². The third-order valence-corrected chi connectivity index (χ3v) is 2.68. The van der Waals surface area contributed by atoms with Gasteiger partial charge in [0.05, 0.1) is 18.6 Å². The highest BCUT2D eigenvalue weighted by atomic mass is 16.5. The summed E-state index contributed by atoms with van der Waals surface area (Å²) in [6.45, 7) is 6.62. The fourth-order valence-corrected chi connectivity index (χ4v) is 1.72. The minimum atomic E-state index is -0.211. The van der Waals surface area contributed by atoms with Crippen molar-refractivity contribution in [3.8, 4) is 0 Å². The first-order valence-corrected chi connectivity index (χ1v) is 5.73. The van der Waals surface area contributed by atoms with Crippen LogP contribution >= 0.6 is 0 Å². The van der Waals surface area contributed by atoms with E-state index in [2.05, 4.69) is 0 Å². The zero-order valence-electron chi connectivity index (χ0n) is 9.95. The lowest BCUT2D eigenvalue weighted by Crippen LogP contribution is -2.28. The van der Waals surface area contributed by atoms with E-state index >= 15 is 0 Å². The Morgan fingerprint density at radius 1 is 1.27 bits per heavy atom. The predicted molar refractivity (Wildman–Crippen MR) is 58.4 cm³/mol. The Morgan fingerprint density at radius 2 is 1.80 bits per heavy atom. The van der Waals surface area contributed by atoms with E-state index < -0.39 is 0 Å². The van der Waals surface area contributed by atoms with Crippen molar-refractivity contribution in [2.24, 2.45) is 11.3 Å². The zero-order chi connectivity index (χ0) is 11.5. The van der Waals surface area contributed by atoms with Gasteiger partial charge in [-0.15, -0.1) is 0 Å². The number of hydrogen-bond acceptors (Lipinski definition) is 3. The summed E-state index contributed by atoms with van der Waals surface area (Å²) in [6, 6.07) is 0. The predicted octanol–water partition coefficient (Wildman–Crippen LogP) is 2.13. The molecule has 3 nitrogen and oxygen atoms in total. The van der Waals surface area contributed by atoms with E-state index in [9.17, 15) is 9.90 Å². The van der Waals surface area contributed by atoms with Crippen LogP contribution in [0.1, 0.15) is 46.5 Å². The van der Waals surface area contributed by atoms with Gasteiger partial charge in [0.2, 0.25) is 0 Å². The van der Waals surface area contributed by atoms with Crippen LogP contribution in [0.15, 0.2) is 0 Å². The molecule has 0 saturated heterocycles. The van der Waals surface area contributed by atoms with Gasteiger partial charge in [-0.2, -0.15) is 0 Å². The smallest absolute Gasteiger partial charge is 0.308 e. The Morgan fingerprint density at radius 3 is 2.27 bits per heavy atom. The van der Waals surface area contributed by atoms with Crippen molar-refractivity contribution in [1.29, 1.82) is 0 Å². The lowest BCUT2D eigenvalue weighted by Gasteiger charge is -2.25. The number of esters is 1. The Labute approximate surface area is 91.8 Å². The molecule has 1 N–H and O–H groups in total. The van der Waals surface area contributed by atoms with E-state index in [1.165, 1.54) is 0 Å². The van der Waals surface area contributed by atoms with Crippen molar-refractivity contribution in [2.45, 2.75) is 52.6 Å². The number of rotatable bonds is 2. The molecule has 0 radical (unpaired) electrons. The van der Waals surface area contributed by atoms with Crippen LogP contribution in [0, 0.1) is 11.3 Å². The van der Waals surface area contributed by atoms with Gasteiger partial charge in [0.15, 0.2) is 0 Å². The molecule has 0 atom stereocenters. The molecule has 1 rings (SSSR count). The molecule has 0 aromatic carbocycles. The van der Waals surface area contributed by atoms with E-state index in [0.29, 0.717) is 6.61 Å². The van der Waals surface area contributed by atoms with Crippen LogP contribution in [-0.2, 0) is 9.53 Å². The summed E-state index contributed by atoms with van der Waals surface area (Å²) in [7, 11) is 0. The SMILES string of the molecule is CC(C)(C)COC(=O)C1CCC(O)CC1. The van der Waals surface area contributed by atoms with Crippen LogP contribution < -0.4 is 0 Å². The summed E-state index contributed by atoms with van der Waals surface area (Å²) in [4.78, 5) is 11.6. The molecule has 1 aliphatic rings. The van der Waals surface area contributed by atoms with Gasteiger partial charge in [0.1, 0.15) is 0 Å². The molecular formula is C12H22O3. The van der Waals surface area contributed by atoms with Crippen molar-refractivity contribution >= 4 is 5.97 Å². The third-order valence-electron chi connectivity index (χ3n) is 2.68. The zero-order valence-corrected chi connectivity index (χ0v) is 9.95. The fourth-order valence-electron chi connectivity index (χ4n) is 1.72. The highest BCUT2D eigenvalue weighted by molar-refractivity contribution is 5.72. The average Bonchev–Trinajstić information content (AvgIpc) is 2.14. The summed E-state index contributed by atoms with van der Waals surface area (Å²) in [6.07, 6.45) is 2.79. The van der Waals surface area contributed by atoms with Gasteiger partial charge in [0, 0.05) is 0 Å². The van der Waals surface area contributed by atoms with Crippen molar-refractivity contribution in [2.75, 3.05) is 6.61 Å². The van der Waals surface area contributed by atoms with Crippen molar-refractivity contribution in [1.82, 2.24) is 0 Å². The van der Waals surface area contributed by atoms with Crippen LogP contribution in [-0.4, -0.2) is 23.8 Å². The third kappa shape index (κ3) is 4.65. The van der Waals surface area contributed by atoms with Crippen LogP contribution in [0.2, 0.25) is 0 Å². The van der Waals surface area contributed by atoms with E-state index in [-0.39, 0.29) is 23.4 Å². The molecular weight excluding hydrogens is 192 g/mol. The average molecular weight is 214 g/mol. The minimum absolute atomic E-state index is 0.00995. The molecule has 0 aromatic heterocycles. The number of carbonyl (C=O) groups is 1. The molecule has 88 valence electrons. The van der Waals surface area contributed by atoms with Gasteiger partial charge >= 0.3 is 5.97 Å². The number of aliphatic hydroxyl groups is 1. The first-order chi connectivity index (χ1) is 6.88. The summed E-state index contributed by atoms with van der Waals surface area (Å²) in [5, 5.41) is 9.32. The quantitative estimate of drug-likeness (QED) is 0.716. The first kappa shape index (κ1) is 12.5. The van der Waals surface area contributed by atoms with Crippen LogP contribution in [0.3, 0.4) is 0 Å². The van der Waals surface area contributed by atoms with Crippen molar-refractivity contribution in [3.63, 3.8) is 0 Å². The largest absolute Gasteiger partial charge is 0.465 e. The first-order valence-electron chi connectivity index (χ1n) is 5.73. The lowest BCUT2D eigenvalue weighted by molar-refractivity contribution is -0.153. The van der Waals surface area contributed by atoms with E-state index in [0.717, 1.165) is 25.7 Å². The summed E-state index contributed by atoms with van der Waals surface area (Å²) in [5.41, 5.74) is 0.0316. The molecule has 1 aliphatic carbocycles. The maximum Gasteiger partial charge on any atom is 0.308 e. The molecule has 0 heterocycles. The summed E-state index contributed by atoms with van der Waals surface area (Å²) >= 11 is 0. The van der Waals surface area contributed by atoms with Gasteiger partial charge < -0.3 is 9.84 Å². The number of aliphatic hydroxyl groups excluding tert-OH is 1. The highest BCUT2D eigenvalue weighted by Gasteiger charge is 2.27. The Hall–Kier alpha value is -0.570.